The lowest BCUT2D eigenvalue weighted by Gasteiger charge is -2.27. The number of halogens is 7. The maximum atomic E-state index is 14.2. The summed E-state index contributed by atoms with van der Waals surface area (Å²) in [6.07, 6.45) is -6.50. The zero-order valence-corrected chi connectivity index (χ0v) is 17.9. The highest BCUT2D eigenvalue weighted by molar-refractivity contribution is 7.21. The van der Waals surface area contributed by atoms with Gasteiger partial charge in [0.2, 0.25) is 0 Å². The van der Waals surface area contributed by atoms with Gasteiger partial charge < -0.3 is 11.1 Å². The number of amides is 1. The fourth-order valence-electron chi connectivity index (χ4n) is 3.43. The number of nitrogen functional groups attached to an aromatic ring is 1. The van der Waals surface area contributed by atoms with Crippen LogP contribution in [-0.2, 0) is 5.92 Å². The van der Waals surface area contributed by atoms with Crippen molar-refractivity contribution in [2.75, 3.05) is 11.1 Å². The molecule has 0 fully saturated rings. The molecular weight excluding hydrogens is 487 g/mol. The molecule has 0 aliphatic carbocycles. The largest absolute Gasteiger partial charge is 0.460 e. The van der Waals surface area contributed by atoms with Crippen molar-refractivity contribution in [1.29, 1.82) is 0 Å². The Balaban J connectivity index is 1.73. The summed E-state index contributed by atoms with van der Waals surface area (Å²) in [6.45, 7) is 1.20. The first-order valence-electron chi connectivity index (χ1n) is 9.56. The van der Waals surface area contributed by atoms with Crippen LogP contribution in [0, 0.1) is 6.92 Å². The number of fused-ring (bicyclic) bond motifs is 2. The maximum Gasteiger partial charge on any atom is 0.460 e. The van der Waals surface area contributed by atoms with Gasteiger partial charge in [0.05, 0.1) is 5.69 Å². The zero-order chi connectivity index (χ0) is 25.1. The molecule has 0 bridgehead atoms. The minimum atomic E-state index is -6.50. The van der Waals surface area contributed by atoms with E-state index < -0.39 is 29.6 Å². The first-order chi connectivity index (χ1) is 15.7. The predicted octanol–water partition coefficient (Wildman–Crippen LogP) is 6.88. The van der Waals surface area contributed by atoms with E-state index in [0.29, 0.717) is 23.1 Å². The van der Waals surface area contributed by atoms with E-state index in [1.165, 1.54) is 6.92 Å². The third-order valence-corrected chi connectivity index (χ3v) is 6.28. The van der Waals surface area contributed by atoms with E-state index in [1.54, 1.807) is 18.2 Å². The summed E-state index contributed by atoms with van der Waals surface area (Å²) in [5.74, 6) is -12.7. The molecule has 0 radical (unpaired) electrons. The number of hydrogen-bond donors (Lipinski definition) is 2. The van der Waals surface area contributed by atoms with Crippen molar-refractivity contribution in [3.63, 3.8) is 0 Å². The molecule has 1 amide bonds. The van der Waals surface area contributed by atoms with E-state index in [-0.39, 0.29) is 26.3 Å². The molecule has 2 aromatic heterocycles. The number of pyridine rings is 1. The number of alkyl halides is 7. The lowest BCUT2D eigenvalue weighted by Crippen LogP contribution is -2.50. The number of nitrogens with one attached hydrogen (secondary N) is 1. The fourth-order valence-corrected chi connectivity index (χ4v) is 4.50. The van der Waals surface area contributed by atoms with Crippen molar-refractivity contribution < 1.29 is 35.5 Å². The van der Waals surface area contributed by atoms with Crippen molar-refractivity contribution in [2.24, 2.45) is 0 Å². The lowest BCUT2D eigenvalue weighted by molar-refractivity contribution is -0.360. The number of aryl methyl sites for hydroxylation is 1. The number of carbonyl (C=O) groups excluding carboxylic acids is 1. The van der Waals surface area contributed by atoms with Crippen molar-refractivity contribution in [1.82, 2.24) is 4.98 Å². The van der Waals surface area contributed by atoms with E-state index in [2.05, 4.69) is 10.3 Å². The molecule has 0 atom stereocenters. The number of anilines is 2. The summed E-state index contributed by atoms with van der Waals surface area (Å²) in [6, 6.07) is 12.8. The van der Waals surface area contributed by atoms with E-state index in [4.69, 9.17) is 5.73 Å². The molecule has 3 N–H and O–H groups in total. The first-order valence-corrected chi connectivity index (χ1v) is 10.4. The quantitative estimate of drug-likeness (QED) is 0.300. The van der Waals surface area contributed by atoms with Crippen molar-refractivity contribution in [2.45, 2.75) is 24.9 Å². The van der Waals surface area contributed by atoms with E-state index in [9.17, 15) is 35.5 Å². The number of benzene rings is 2. The highest BCUT2D eigenvalue weighted by Crippen LogP contribution is 2.52. The Kier molecular flexibility index (Phi) is 5.46. The Morgan fingerprint density at radius 2 is 1.62 bits per heavy atom. The minimum absolute atomic E-state index is 0.0172. The van der Waals surface area contributed by atoms with Gasteiger partial charge in [0.15, 0.2) is 0 Å². The SMILES string of the molecule is Cc1cc(C(F)(F)C(F)(F)C(F)(F)F)nc2sc(C(=O)Nc3ccc4ccccc4c3)c(N)c12. The number of nitrogens with two attached hydrogens (primary N) is 1. The van der Waals surface area contributed by atoms with Crippen LogP contribution < -0.4 is 11.1 Å². The number of hydrogen-bond acceptors (Lipinski definition) is 4. The Morgan fingerprint density at radius 1 is 0.971 bits per heavy atom. The van der Waals surface area contributed by atoms with Gasteiger partial charge in [0.1, 0.15) is 15.4 Å². The highest BCUT2D eigenvalue weighted by atomic mass is 32.1. The average molecular weight is 501 g/mol. The normalized spacial score (nSPS) is 12.9. The molecule has 0 spiro atoms. The molecule has 0 aliphatic rings. The number of rotatable bonds is 4. The molecule has 4 aromatic rings. The summed E-state index contributed by atoms with van der Waals surface area (Å²) in [7, 11) is 0. The third-order valence-electron chi connectivity index (χ3n) is 5.18. The van der Waals surface area contributed by atoms with E-state index >= 15 is 0 Å². The molecule has 0 saturated heterocycles. The van der Waals surface area contributed by atoms with Gasteiger partial charge in [-0.25, -0.2) is 4.98 Å². The molecule has 34 heavy (non-hydrogen) atoms. The number of aromatic nitrogens is 1. The number of nitrogens with zero attached hydrogens (tertiary/aromatic N) is 1. The molecule has 4 rings (SSSR count). The summed E-state index contributed by atoms with van der Waals surface area (Å²) >= 11 is 0.510. The van der Waals surface area contributed by atoms with Crippen LogP contribution >= 0.6 is 11.3 Å². The molecule has 4 nitrogen and oxygen atoms in total. The van der Waals surface area contributed by atoms with Gasteiger partial charge in [-0.1, -0.05) is 30.3 Å². The maximum absolute atomic E-state index is 14.2. The third kappa shape index (κ3) is 3.71. The van der Waals surface area contributed by atoms with Gasteiger partial charge in [0, 0.05) is 11.1 Å². The predicted molar refractivity (Wildman–Crippen MR) is 116 cm³/mol. The van der Waals surface area contributed by atoms with Gasteiger partial charge in [0.25, 0.3) is 5.91 Å². The summed E-state index contributed by atoms with van der Waals surface area (Å²) < 4.78 is 93.1. The smallest absolute Gasteiger partial charge is 0.397 e. The molecule has 2 heterocycles. The Hall–Kier alpha value is -3.41. The molecule has 178 valence electrons. The standard InChI is InChI=1S/C22H14F7N3OS/c1-10-8-14(20(23,24)21(25,26)22(27,28)29)32-19-15(10)16(30)17(34-19)18(33)31-13-7-6-11-4-2-3-5-12(11)9-13/h2-9H,30H2,1H3,(H,31,33). The van der Waals surface area contributed by atoms with Crippen LogP contribution in [0.5, 0.6) is 0 Å². The van der Waals surface area contributed by atoms with E-state index in [1.807, 2.05) is 24.3 Å². The van der Waals surface area contributed by atoms with Crippen LogP contribution in [0.3, 0.4) is 0 Å². The average Bonchev–Trinajstić information content (AvgIpc) is 3.09. The number of thiophene rings is 1. The van der Waals surface area contributed by atoms with Crippen molar-refractivity contribution >= 4 is 49.6 Å². The van der Waals surface area contributed by atoms with Crippen LogP contribution in [0.2, 0.25) is 0 Å². The summed E-state index contributed by atoms with van der Waals surface area (Å²) in [5, 5.41) is 4.38. The van der Waals surface area contributed by atoms with Gasteiger partial charge in [-0.2, -0.15) is 30.7 Å². The monoisotopic (exact) mass is 501 g/mol. The fraction of sp³-hybridized carbons (Fsp3) is 0.182. The van der Waals surface area contributed by atoms with Gasteiger partial charge in [-0.15, -0.1) is 11.3 Å². The second kappa shape index (κ2) is 7.83. The molecule has 0 aliphatic heterocycles. The Bertz CT molecular complexity index is 1430. The van der Waals surface area contributed by atoms with Gasteiger partial charge in [-0.05, 0) is 41.5 Å². The van der Waals surface area contributed by atoms with Crippen LogP contribution in [0.4, 0.5) is 42.1 Å². The Labute approximate surface area is 191 Å². The van der Waals surface area contributed by atoms with Crippen molar-refractivity contribution in [3.05, 3.63) is 64.7 Å². The second-order valence-electron chi connectivity index (χ2n) is 7.51. The Morgan fingerprint density at radius 3 is 2.26 bits per heavy atom. The van der Waals surface area contributed by atoms with Crippen LogP contribution in [0.15, 0.2) is 48.5 Å². The molecule has 0 unspecified atom stereocenters. The minimum Gasteiger partial charge on any atom is -0.397 e. The van der Waals surface area contributed by atoms with Crippen LogP contribution in [0.25, 0.3) is 21.0 Å². The summed E-state index contributed by atoms with van der Waals surface area (Å²) in [4.78, 5) is 15.6. The van der Waals surface area contributed by atoms with Crippen molar-refractivity contribution in [3.8, 4) is 0 Å². The highest BCUT2D eigenvalue weighted by Gasteiger charge is 2.74. The number of carbonyl (C=O) groups is 1. The summed E-state index contributed by atoms with van der Waals surface area (Å²) in [5.41, 5.74) is 4.34. The zero-order valence-electron chi connectivity index (χ0n) is 17.1. The first kappa shape index (κ1) is 23.7. The molecular formula is C22H14F7N3OS. The van der Waals surface area contributed by atoms with Crippen LogP contribution in [0.1, 0.15) is 20.9 Å². The van der Waals surface area contributed by atoms with Crippen LogP contribution in [-0.4, -0.2) is 23.0 Å². The van der Waals surface area contributed by atoms with Gasteiger partial charge >= 0.3 is 18.0 Å². The second-order valence-corrected chi connectivity index (χ2v) is 8.51. The van der Waals surface area contributed by atoms with E-state index in [0.717, 1.165) is 10.8 Å². The van der Waals surface area contributed by atoms with Gasteiger partial charge in [-0.3, -0.25) is 4.79 Å². The molecule has 12 heteroatoms. The lowest BCUT2D eigenvalue weighted by atomic mass is 10.0. The molecule has 0 saturated carbocycles. The topological polar surface area (TPSA) is 68.0 Å². The molecule has 2 aromatic carbocycles.